The monoisotopic (exact) mass is 193 g/mol. The number of para-hydroxylation sites is 1. The number of nitrogens with one attached hydrogen (secondary N) is 1. The quantitative estimate of drug-likeness (QED) is 0.748. The van der Waals surface area contributed by atoms with Crippen molar-refractivity contribution in [2.75, 3.05) is 5.32 Å². The van der Waals surface area contributed by atoms with Crippen molar-refractivity contribution in [2.24, 2.45) is 0 Å². The molecule has 0 aliphatic carbocycles. The topological polar surface area (TPSA) is 29.1 Å². The molecule has 0 atom stereocenters. The molecule has 1 aromatic rings. The Bertz CT molecular complexity index is 322. The van der Waals surface area contributed by atoms with E-state index in [0.717, 1.165) is 10.6 Å². The van der Waals surface area contributed by atoms with Crippen LogP contribution in [-0.2, 0) is 4.79 Å². The molecule has 0 saturated heterocycles. The first-order valence-corrected chi connectivity index (χ1v) is 4.76. The predicted molar refractivity (Wildman–Crippen MR) is 56.8 cm³/mol. The molecule has 0 spiro atoms. The van der Waals surface area contributed by atoms with Crippen LogP contribution >= 0.6 is 11.8 Å². The number of benzene rings is 1. The van der Waals surface area contributed by atoms with E-state index in [1.165, 1.54) is 18.7 Å². The lowest BCUT2D eigenvalue weighted by molar-refractivity contribution is -0.114. The average molecular weight is 193 g/mol. The molecule has 1 aromatic carbocycles. The molecule has 68 valence electrons. The molecule has 0 heterocycles. The molecule has 1 rings (SSSR count). The van der Waals surface area contributed by atoms with Gasteiger partial charge in [0, 0.05) is 11.8 Å². The summed E-state index contributed by atoms with van der Waals surface area (Å²) in [5, 5.41) is 4.49. The first kappa shape index (κ1) is 9.86. The highest BCUT2D eigenvalue weighted by atomic mass is 32.2. The minimum Gasteiger partial charge on any atom is -0.325 e. The van der Waals surface area contributed by atoms with Crippen LogP contribution in [0, 0.1) is 0 Å². The Labute approximate surface area is 82.0 Å². The molecule has 0 aliphatic rings. The Morgan fingerprint density at radius 2 is 2.23 bits per heavy atom. The van der Waals surface area contributed by atoms with E-state index in [0.29, 0.717) is 0 Å². The van der Waals surface area contributed by atoms with Gasteiger partial charge in [-0.25, -0.2) is 0 Å². The lowest BCUT2D eigenvalue weighted by Crippen LogP contribution is -2.06. The SMILES string of the molecule is C=CSc1ccccc1NC(C)=O. The predicted octanol–water partition coefficient (Wildman–Crippen LogP) is 2.88. The third kappa shape index (κ3) is 2.95. The lowest BCUT2D eigenvalue weighted by Gasteiger charge is -2.06. The molecule has 0 aliphatic heterocycles. The molecular weight excluding hydrogens is 182 g/mol. The zero-order chi connectivity index (χ0) is 9.68. The Morgan fingerprint density at radius 1 is 1.54 bits per heavy atom. The van der Waals surface area contributed by atoms with Gasteiger partial charge in [-0.2, -0.15) is 0 Å². The minimum atomic E-state index is -0.0582. The van der Waals surface area contributed by atoms with Gasteiger partial charge in [0.2, 0.25) is 5.91 Å². The summed E-state index contributed by atoms with van der Waals surface area (Å²) >= 11 is 1.49. The van der Waals surface area contributed by atoms with Gasteiger partial charge in [-0.1, -0.05) is 30.5 Å². The van der Waals surface area contributed by atoms with E-state index < -0.39 is 0 Å². The van der Waals surface area contributed by atoms with Crippen LogP contribution in [0.4, 0.5) is 5.69 Å². The molecule has 13 heavy (non-hydrogen) atoms. The minimum absolute atomic E-state index is 0.0582. The van der Waals surface area contributed by atoms with Gasteiger partial charge in [0.1, 0.15) is 0 Å². The van der Waals surface area contributed by atoms with Gasteiger partial charge in [-0.05, 0) is 17.5 Å². The zero-order valence-electron chi connectivity index (χ0n) is 7.41. The fraction of sp³-hybridized carbons (Fsp3) is 0.100. The largest absolute Gasteiger partial charge is 0.325 e. The number of hydrogen-bond donors (Lipinski definition) is 1. The summed E-state index contributed by atoms with van der Waals surface area (Å²) in [6.45, 7) is 5.12. The normalized spacial score (nSPS) is 9.31. The summed E-state index contributed by atoms with van der Waals surface area (Å²) in [7, 11) is 0. The highest BCUT2D eigenvalue weighted by Crippen LogP contribution is 2.26. The number of thioether (sulfide) groups is 1. The fourth-order valence-electron chi connectivity index (χ4n) is 0.952. The van der Waals surface area contributed by atoms with Gasteiger partial charge in [0.05, 0.1) is 5.69 Å². The summed E-state index contributed by atoms with van der Waals surface area (Å²) in [5.41, 5.74) is 0.833. The van der Waals surface area contributed by atoms with Crippen LogP contribution in [0.3, 0.4) is 0 Å². The molecule has 0 unspecified atom stereocenters. The molecule has 0 fully saturated rings. The number of amides is 1. The smallest absolute Gasteiger partial charge is 0.221 e. The van der Waals surface area contributed by atoms with E-state index in [9.17, 15) is 4.79 Å². The summed E-state index contributed by atoms with van der Waals surface area (Å²) < 4.78 is 0. The lowest BCUT2D eigenvalue weighted by atomic mass is 10.3. The highest BCUT2D eigenvalue weighted by Gasteiger charge is 2.00. The molecule has 3 heteroatoms. The van der Waals surface area contributed by atoms with Gasteiger partial charge in [0.15, 0.2) is 0 Å². The second-order valence-corrected chi connectivity index (χ2v) is 3.47. The molecular formula is C10H11NOS. The standard InChI is InChI=1S/C10H11NOS/c1-3-13-10-7-5-4-6-9(10)11-8(2)12/h3-7H,1H2,2H3,(H,11,12). The summed E-state index contributed by atoms with van der Waals surface area (Å²) in [6, 6.07) is 7.63. The molecule has 0 saturated carbocycles. The van der Waals surface area contributed by atoms with Gasteiger partial charge < -0.3 is 5.32 Å². The zero-order valence-corrected chi connectivity index (χ0v) is 8.23. The van der Waals surface area contributed by atoms with Crippen molar-refractivity contribution in [3.05, 3.63) is 36.3 Å². The fourth-order valence-corrected chi connectivity index (χ4v) is 1.53. The average Bonchev–Trinajstić information content (AvgIpc) is 2.08. The number of carbonyl (C=O) groups excluding carboxylic acids is 1. The highest BCUT2D eigenvalue weighted by molar-refractivity contribution is 8.02. The van der Waals surface area contributed by atoms with E-state index in [1.807, 2.05) is 24.3 Å². The second-order valence-electron chi connectivity index (χ2n) is 2.46. The summed E-state index contributed by atoms with van der Waals surface area (Å²) in [6.07, 6.45) is 0. The van der Waals surface area contributed by atoms with Gasteiger partial charge in [0.25, 0.3) is 0 Å². The third-order valence-electron chi connectivity index (χ3n) is 1.41. The van der Waals surface area contributed by atoms with Crippen molar-refractivity contribution in [1.29, 1.82) is 0 Å². The van der Waals surface area contributed by atoms with Crippen molar-refractivity contribution in [3.63, 3.8) is 0 Å². The first-order chi connectivity index (χ1) is 6.24. The Balaban J connectivity index is 2.90. The van der Waals surface area contributed by atoms with Crippen molar-refractivity contribution < 1.29 is 4.79 Å². The van der Waals surface area contributed by atoms with Crippen LogP contribution in [-0.4, -0.2) is 5.91 Å². The first-order valence-electron chi connectivity index (χ1n) is 3.88. The van der Waals surface area contributed by atoms with Crippen LogP contribution in [0.1, 0.15) is 6.92 Å². The van der Waals surface area contributed by atoms with Crippen LogP contribution in [0.2, 0.25) is 0 Å². The number of rotatable bonds is 3. The maximum Gasteiger partial charge on any atom is 0.221 e. The van der Waals surface area contributed by atoms with Crippen molar-refractivity contribution in [2.45, 2.75) is 11.8 Å². The second kappa shape index (κ2) is 4.72. The van der Waals surface area contributed by atoms with Crippen LogP contribution in [0.15, 0.2) is 41.1 Å². The van der Waals surface area contributed by atoms with E-state index in [2.05, 4.69) is 11.9 Å². The van der Waals surface area contributed by atoms with Crippen LogP contribution < -0.4 is 5.32 Å². The molecule has 1 N–H and O–H groups in total. The van der Waals surface area contributed by atoms with E-state index in [1.54, 1.807) is 5.41 Å². The Kier molecular flexibility index (Phi) is 3.58. The van der Waals surface area contributed by atoms with Crippen molar-refractivity contribution in [3.8, 4) is 0 Å². The van der Waals surface area contributed by atoms with Gasteiger partial charge in [-0.3, -0.25) is 4.79 Å². The molecule has 0 aromatic heterocycles. The van der Waals surface area contributed by atoms with Crippen molar-refractivity contribution in [1.82, 2.24) is 0 Å². The molecule has 0 bridgehead atoms. The van der Waals surface area contributed by atoms with E-state index in [-0.39, 0.29) is 5.91 Å². The number of hydrogen-bond acceptors (Lipinski definition) is 2. The van der Waals surface area contributed by atoms with Crippen LogP contribution in [0.5, 0.6) is 0 Å². The third-order valence-corrected chi connectivity index (χ3v) is 2.18. The Morgan fingerprint density at radius 3 is 2.85 bits per heavy atom. The van der Waals surface area contributed by atoms with Crippen molar-refractivity contribution >= 4 is 23.4 Å². The number of anilines is 1. The summed E-state index contributed by atoms with van der Waals surface area (Å²) in [5.74, 6) is -0.0582. The van der Waals surface area contributed by atoms with Gasteiger partial charge in [-0.15, -0.1) is 0 Å². The molecule has 0 radical (unpaired) electrons. The van der Waals surface area contributed by atoms with E-state index >= 15 is 0 Å². The molecule has 2 nitrogen and oxygen atoms in total. The maximum absolute atomic E-state index is 10.8. The van der Waals surface area contributed by atoms with Gasteiger partial charge >= 0.3 is 0 Å². The maximum atomic E-state index is 10.8. The summed E-state index contributed by atoms with van der Waals surface area (Å²) in [4.78, 5) is 11.8. The van der Waals surface area contributed by atoms with E-state index in [4.69, 9.17) is 0 Å². The number of carbonyl (C=O) groups is 1. The Hall–Kier alpha value is -1.22. The van der Waals surface area contributed by atoms with Crippen LogP contribution in [0.25, 0.3) is 0 Å². The molecule has 1 amide bonds.